The molecule has 16 heavy (non-hydrogen) atoms. The van der Waals surface area contributed by atoms with Crippen molar-refractivity contribution in [3.63, 3.8) is 0 Å². The Bertz CT molecular complexity index is 616. The molecule has 0 aliphatic carbocycles. The van der Waals surface area contributed by atoms with Gasteiger partial charge in [-0.25, -0.2) is 13.4 Å². The summed E-state index contributed by atoms with van der Waals surface area (Å²) >= 11 is 0. The zero-order valence-corrected chi connectivity index (χ0v) is 9.62. The fourth-order valence-corrected chi connectivity index (χ4v) is 2.06. The first kappa shape index (κ1) is 11.1. The third-order valence-electron chi connectivity index (χ3n) is 2.19. The van der Waals surface area contributed by atoms with Crippen molar-refractivity contribution in [3.8, 4) is 0 Å². The van der Waals surface area contributed by atoms with Gasteiger partial charge in [0.1, 0.15) is 5.52 Å². The first-order valence-corrected chi connectivity index (χ1v) is 6.69. The van der Waals surface area contributed by atoms with Crippen molar-refractivity contribution in [2.45, 2.75) is 11.3 Å². The number of benzene rings is 1. The molecule has 0 radical (unpaired) electrons. The number of nitrogens with two attached hydrogens (primary N) is 1. The Labute approximate surface area is 93.2 Å². The lowest BCUT2D eigenvalue weighted by Gasteiger charge is -1.95. The molecule has 0 fully saturated rings. The van der Waals surface area contributed by atoms with Gasteiger partial charge in [0.2, 0.25) is 0 Å². The van der Waals surface area contributed by atoms with E-state index in [1.54, 1.807) is 6.07 Å². The Morgan fingerprint density at radius 3 is 2.81 bits per heavy atom. The predicted molar refractivity (Wildman–Crippen MR) is 59.9 cm³/mol. The summed E-state index contributed by atoms with van der Waals surface area (Å²) in [7, 11) is -3.20. The quantitative estimate of drug-likeness (QED) is 0.854. The highest BCUT2D eigenvalue weighted by atomic mass is 32.2. The normalized spacial score (nSPS) is 12.1. The molecule has 0 aliphatic rings. The molecule has 2 N–H and O–H groups in total. The number of hydrogen-bond donors (Lipinski definition) is 1. The largest absolute Gasteiger partial charge is 0.441 e. The second-order valence-corrected chi connectivity index (χ2v) is 5.56. The van der Waals surface area contributed by atoms with Crippen LogP contribution < -0.4 is 5.73 Å². The zero-order valence-electron chi connectivity index (χ0n) is 8.80. The van der Waals surface area contributed by atoms with E-state index >= 15 is 0 Å². The Kier molecular flexibility index (Phi) is 2.69. The van der Waals surface area contributed by atoms with E-state index in [4.69, 9.17) is 10.2 Å². The summed E-state index contributed by atoms with van der Waals surface area (Å²) in [5.41, 5.74) is 6.51. The van der Waals surface area contributed by atoms with E-state index in [-0.39, 0.29) is 4.90 Å². The molecule has 0 saturated heterocycles. The molecule has 2 rings (SSSR count). The van der Waals surface area contributed by atoms with Crippen LogP contribution in [0.1, 0.15) is 5.89 Å². The third kappa shape index (κ3) is 2.07. The number of aromatic nitrogens is 1. The molecule has 5 nitrogen and oxygen atoms in total. The van der Waals surface area contributed by atoms with Gasteiger partial charge in [-0.1, -0.05) is 0 Å². The van der Waals surface area contributed by atoms with Gasteiger partial charge in [0.25, 0.3) is 0 Å². The van der Waals surface area contributed by atoms with E-state index in [2.05, 4.69) is 4.98 Å². The zero-order chi connectivity index (χ0) is 11.8. The first-order chi connectivity index (χ1) is 7.50. The monoisotopic (exact) mass is 240 g/mol. The predicted octanol–water partition coefficient (Wildman–Crippen LogP) is 0.733. The van der Waals surface area contributed by atoms with Crippen molar-refractivity contribution >= 4 is 20.9 Å². The van der Waals surface area contributed by atoms with Crippen molar-refractivity contribution < 1.29 is 12.8 Å². The standard InChI is InChI=1S/C10H12N2O3S/c1-16(13,14)7-2-3-9-8(6-7)12-10(15-9)4-5-11/h2-3,6H,4-5,11H2,1H3. The van der Waals surface area contributed by atoms with Crippen molar-refractivity contribution in [3.05, 3.63) is 24.1 Å². The summed E-state index contributed by atoms with van der Waals surface area (Å²) in [6.07, 6.45) is 1.71. The molecule has 0 spiro atoms. The van der Waals surface area contributed by atoms with Crippen LogP contribution >= 0.6 is 0 Å². The minimum atomic E-state index is -3.20. The highest BCUT2D eigenvalue weighted by Crippen LogP contribution is 2.19. The maximum atomic E-state index is 11.3. The summed E-state index contributed by atoms with van der Waals surface area (Å²) in [4.78, 5) is 4.41. The van der Waals surface area contributed by atoms with Gasteiger partial charge in [-0.2, -0.15) is 0 Å². The smallest absolute Gasteiger partial charge is 0.196 e. The summed E-state index contributed by atoms with van der Waals surface area (Å²) in [6.45, 7) is 0.450. The Balaban J connectivity index is 2.54. The van der Waals surface area contributed by atoms with Gasteiger partial charge < -0.3 is 10.2 Å². The molecule has 2 aromatic rings. The van der Waals surface area contributed by atoms with E-state index in [1.165, 1.54) is 12.1 Å². The minimum absolute atomic E-state index is 0.243. The maximum absolute atomic E-state index is 11.3. The van der Waals surface area contributed by atoms with Gasteiger partial charge in [0.15, 0.2) is 21.3 Å². The topological polar surface area (TPSA) is 86.2 Å². The van der Waals surface area contributed by atoms with Crippen LogP contribution in [0.2, 0.25) is 0 Å². The van der Waals surface area contributed by atoms with E-state index in [0.29, 0.717) is 30.0 Å². The molecule has 6 heteroatoms. The number of fused-ring (bicyclic) bond motifs is 1. The van der Waals surface area contributed by atoms with Crippen molar-refractivity contribution in [2.75, 3.05) is 12.8 Å². The van der Waals surface area contributed by atoms with Crippen LogP contribution in [0.25, 0.3) is 11.1 Å². The molecule has 1 aromatic carbocycles. The second kappa shape index (κ2) is 3.88. The Hall–Kier alpha value is -1.40. The average molecular weight is 240 g/mol. The molecule has 1 heterocycles. The van der Waals surface area contributed by atoms with Crippen LogP contribution in [0.5, 0.6) is 0 Å². The molecule has 0 aliphatic heterocycles. The van der Waals surface area contributed by atoms with E-state index in [0.717, 1.165) is 6.26 Å². The molecule has 86 valence electrons. The molecule has 0 unspecified atom stereocenters. The lowest BCUT2D eigenvalue weighted by molar-refractivity contribution is 0.531. The maximum Gasteiger partial charge on any atom is 0.196 e. The van der Waals surface area contributed by atoms with Gasteiger partial charge in [-0.05, 0) is 18.2 Å². The molecule has 0 bridgehead atoms. The van der Waals surface area contributed by atoms with Crippen molar-refractivity contribution in [1.29, 1.82) is 0 Å². The van der Waals surface area contributed by atoms with Gasteiger partial charge in [0, 0.05) is 19.2 Å². The number of oxazole rings is 1. The third-order valence-corrected chi connectivity index (χ3v) is 3.30. The number of hydrogen-bond acceptors (Lipinski definition) is 5. The van der Waals surface area contributed by atoms with E-state index in [9.17, 15) is 8.42 Å². The van der Waals surface area contributed by atoms with Gasteiger partial charge in [-0.3, -0.25) is 0 Å². The first-order valence-electron chi connectivity index (χ1n) is 4.80. The van der Waals surface area contributed by atoms with E-state index < -0.39 is 9.84 Å². The highest BCUT2D eigenvalue weighted by Gasteiger charge is 2.11. The van der Waals surface area contributed by atoms with Gasteiger partial charge >= 0.3 is 0 Å². The lowest BCUT2D eigenvalue weighted by Crippen LogP contribution is -2.02. The van der Waals surface area contributed by atoms with Crippen LogP contribution in [0.4, 0.5) is 0 Å². The number of rotatable bonds is 3. The van der Waals surface area contributed by atoms with Crippen LogP contribution in [0, 0.1) is 0 Å². The summed E-state index contributed by atoms with van der Waals surface area (Å²) in [5.74, 6) is 0.531. The van der Waals surface area contributed by atoms with Crippen LogP contribution in [0.15, 0.2) is 27.5 Å². The van der Waals surface area contributed by atoms with Crippen LogP contribution in [-0.2, 0) is 16.3 Å². The van der Waals surface area contributed by atoms with Gasteiger partial charge in [0.05, 0.1) is 4.90 Å². The van der Waals surface area contributed by atoms with Crippen molar-refractivity contribution in [1.82, 2.24) is 4.98 Å². The van der Waals surface area contributed by atoms with Crippen LogP contribution in [0.3, 0.4) is 0 Å². The number of nitrogens with zero attached hydrogens (tertiary/aromatic N) is 1. The molecule has 0 atom stereocenters. The average Bonchev–Trinajstić information content (AvgIpc) is 2.57. The van der Waals surface area contributed by atoms with Crippen molar-refractivity contribution in [2.24, 2.45) is 5.73 Å². The fourth-order valence-electron chi connectivity index (χ4n) is 1.42. The molecule has 0 amide bonds. The Morgan fingerprint density at radius 2 is 2.19 bits per heavy atom. The molecular formula is C10H12N2O3S. The Morgan fingerprint density at radius 1 is 1.44 bits per heavy atom. The van der Waals surface area contributed by atoms with Gasteiger partial charge in [-0.15, -0.1) is 0 Å². The summed E-state index contributed by atoms with van der Waals surface area (Å²) in [5, 5.41) is 0. The molecular weight excluding hydrogens is 228 g/mol. The second-order valence-electron chi connectivity index (χ2n) is 3.55. The number of sulfone groups is 1. The summed E-state index contributed by atoms with van der Waals surface area (Å²) in [6, 6.07) is 4.63. The summed E-state index contributed by atoms with van der Waals surface area (Å²) < 4.78 is 28.1. The molecule has 1 aromatic heterocycles. The SMILES string of the molecule is CS(=O)(=O)c1ccc2oc(CCN)nc2c1. The highest BCUT2D eigenvalue weighted by molar-refractivity contribution is 7.90. The fraction of sp³-hybridized carbons (Fsp3) is 0.300. The molecule has 0 saturated carbocycles. The van der Waals surface area contributed by atoms with Crippen LogP contribution in [-0.4, -0.2) is 26.2 Å². The van der Waals surface area contributed by atoms with E-state index in [1.807, 2.05) is 0 Å². The minimum Gasteiger partial charge on any atom is -0.441 e. The lowest BCUT2D eigenvalue weighted by atomic mass is 10.3.